The summed E-state index contributed by atoms with van der Waals surface area (Å²) in [6.45, 7) is 0. The van der Waals surface area contributed by atoms with Gasteiger partial charge in [-0.3, -0.25) is 0 Å². The number of carbonyl (C=O) groups is 1. The van der Waals surface area contributed by atoms with Crippen LogP contribution in [-0.4, -0.2) is 11.0 Å². The molecular formula is C13H11BrNO2-. The van der Waals surface area contributed by atoms with Crippen LogP contribution in [0.25, 0.3) is 10.9 Å². The summed E-state index contributed by atoms with van der Waals surface area (Å²) >= 11 is 3.45. The van der Waals surface area contributed by atoms with Gasteiger partial charge in [0.05, 0.1) is 5.97 Å². The van der Waals surface area contributed by atoms with E-state index in [1.54, 1.807) is 0 Å². The van der Waals surface area contributed by atoms with E-state index in [0.717, 1.165) is 39.5 Å². The summed E-state index contributed by atoms with van der Waals surface area (Å²) in [7, 11) is 0. The molecule has 0 bridgehead atoms. The summed E-state index contributed by atoms with van der Waals surface area (Å²) < 4.78 is 1.02. The number of H-pyrrole nitrogens is 1. The van der Waals surface area contributed by atoms with E-state index >= 15 is 0 Å². The van der Waals surface area contributed by atoms with Crippen LogP contribution in [0.3, 0.4) is 0 Å². The van der Waals surface area contributed by atoms with Crippen molar-refractivity contribution in [3.63, 3.8) is 0 Å². The van der Waals surface area contributed by atoms with Crippen molar-refractivity contribution in [1.29, 1.82) is 0 Å². The van der Waals surface area contributed by atoms with Crippen LogP contribution in [0.4, 0.5) is 0 Å². The molecule has 4 heteroatoms. The van der Waals surface area contributed by atoms with Crippen LogP contribution in [-0.2, 0) is 11.2 Å². The maximum atomic E-state index is 11.1. The van der Waals surface area contributed by atoms with Gasteiger partial charge < -0.3 is 14.9 Å². The molecule has 88 valence electrons. The van der Waals surface area contributed by atoms with Gasteiger partial charge in [0.2, 0.25) is 0 Å². The molecule has 0 fully saturated rings. The predicted octanol–water partition coefficient (Wildman–Crippen LogP) is 2.10. The number of hydrogen-bond acceptors (Lipinski definition) is 2. The summed E-state index contributed by atoms with van der Waals surface area (Å²) in [5.41, 5.74) is 2.98. The van der Waals surface area contributed by atoms with Gasteiger partial charge in [0, 0.05) is 27.0 Å². The summed E-state index contributed by atoms with van der Waals surface area (Å²) in [4.78, 5) is 14.4. The van der Waals surface area contributed by atoms with Crippen LogP contribution in [0.1, 0.15) is 30.0 Å². The van der Waals surface area contributed by atoms with Crippen LogP contribution >= 0.6 is 15.9 Å². The third kappa shape index (κ3) is 1.67. The highest BCUT2D eigenvalue weighted by atomic mass is 79.9. The molecule has 1 N–H and O–H groups in total. The van der Waals surface area contributed by atoms with Crippen molar-refractivity contribution in [3.05, 3.63) is 33.9 Å². The van der Waals surface area contributed by atoms with E-state index in [1.807, 2.05) is 18.2 Å². The zero-order valence-electron chi connectivity index (χ0n) is 9.13. The lowest BCUT2D eigenvalue weighted by molar-refractivity contribution is -0.308. The number of aromatic amines is 1. The van der Waals surface area contributed by atoms with E-state index in [4.69, 9.17) is 0 Å². The molecule has 0 saturated carbocycles. The van der Waals surface area contributed by atoms with E-state index in [9.17, 15) is 9.90 Å². The molecule has 17 heavy (non-hydrogen) atoms. The van der Waals surface area contributed by atoms with Crippen LogP contribution in [0.2, 0.25) is 0 Å². The minimum Gasteiger partial charge on any atom is -0.549 e. The topological polar surface area (TPSA) is 55.9 Å². The number of nitrogens with one attached hydrogen (secondary N) is 1. The monoisotopic (exact) mass is 292 g/mol. The average Bonchev–Trinajstić information content (AvgIpc) is 2.66. The van der Waals surface area contributed by atoms with Gasteiger partial charge in [-0.05, 0) is 43.0 Å². The third-order valence-electron chi connectivity index (χ3n) is 3.45. The molecule has 0 amide bonds. The molecule has 1 heterocycles. The number of halogens is 1. The fraction of sp³-hybridized carbons (Fsp3) is 0.308. The molecule has 1 aromatic carbocycles. The Bertz CT molecular complexity index is 603. The first kappa shape index (κ1) is 10.8. The largest absolute Gasteiger partial charge is 0.549 e. The highest BCUT2D eigenvalue weighted by Gasteiger charge is 2.24. The number of aromatic nitrogens is 1. The van der Waals surface area contributed by atoms with E-state index < -0.39 is 11.9 Å². The molecular weight excluding hydrogens is 282 g/mol. The van der Waals surface area contributed by atoms with Crippen molar-refractivity contribution in [3.8, 4) is 0 Å². The van der Waals surface area contributed by atoms with E-state index in [1.165, 1.54) is 0 Å². The molecule has 0 radical (unpaired) electrons. The number of carboxylic acid groups (broad SMARTS) is 1. The highest BCUT2D eigenvalue weighted by molar-refractivity contribution is 9.10. The van der Waals surface area contributed by atoms with Crippen molar-refractivity contribution in [1.82, 2.24) is 4.98 Å². The Kier molecular flexibility index (Phi) is 2.47. The fourth-order valence-corrected chi connectivity index (χ4v) is 3.03. The number of hydrogen-bond donors (Lipinski definition) is 1. The molecule has 1 aromatic heterocycles. The maximum absolute atomic E-state index is 11.1. The van der Waals surface area contributed by atoms with Gasteiger partial charge in [0.1, 0.15) is 0 Å². The number of carboxylic acids is 1. The molecule has 1 aliphatic carbocycles. The zero-order valence-corrected chi connectivity index (χ0v) is 10.7. The van der Waals surface area contributed by atoms with Crippen molar-refractivity contribution >= 4 is 32.8 Å². The Hall–Kier alpha value is -1.29. The SMILES string of the molecule is O=C([O-])[C@@H]1CCCc2c1[nH]c1ccc(Br)cc21. The van der Waals surface area contributed by atoms with E-state index in [0.29, 0.717) is 6.42 Å². The Morgan fingerprint density at radius 2 is 2.29 bits per heavy atom. The Labute approximate surface area is 107 Å². The lowest BCUT2D eigenvalue weighted by atomic mass is 9.87. The first-order valence-electron chi connectivity index (χ1n) is 5.67. The Morgan fingerprint density at radius 3 is 3.06 bits per heavy atom. The number of aliphatic carboxylic acids is 1. The molecule has 0 saturated heterocycles. The highest BCUT2D eigenvalue weighted by Crippen LogP contribution is 2.36. The van der Waals surface area contributed by atoms with Crippen LogP contribution in [0.5, 0.6) is 0 Å². The first-order chi connectivity index (χ1) is 8.16. The second kappa shape index (κ2) is 3.88. The molecule has 1 atom stereocenters. The smallest absolute Gasteiger partial charge is 0.0504 e. The number of aryl methyl sites for hydroxylation is 1. The average molecular weight is 293 g/mol. The van der Waals surface area contributed by atoms with Crippen LogP contribution < -0.4 is 5.11 Å². The summed E-state index contributed by atoms with van der Waals surface area (Å²) in [5, 5.41) is 12.2. The number of rotatable bonds is 1. The van der Waals surface area contributed by atoms with Gasteiger partial charge in [-0.2, -0.15) is 0 Å². The molecule has 3 rings (SSSR count). The van der Waals surface area contributed by atoms with Crippen LogP contribution in [0, 0.1) is 0 Å². The Morgan fingerprint density at radius 1 is 1.47 bits per heavy atom. The minimum absolute atomic E-state index is 0.482. The van der Waals surface area contributed by atoms with Crippen molar-refractivity contribution in [2.75, 3.05) is 0 Å². The molecule has 0 unspecified atom stereocenters. The molecule has 3 nitrogen and oxygen atoms in total. The second-order valence-corrected chi connectivity index (χ2v) is 5.39. The lowest BCUT2D eigenvalue weighted by Gasteiger charge is -2.23. The fourth-order valence-electron chi connectivity index (χ4n) is 2.67. The summed E-state index contributed by atoms with van der Waals surface area (Å²) in [6, 6.07) is 5.98. The van der Waals surface area contributed by atoms with E-state index in [-0.39, 0.29) is 0 Å². The normalized spacial score (nSPS) is 19.2. The van der Waals surface area contributed by atoms with E-state index in [2.05, 4.69) is 20.9 Å². The molecule has 0 spiro atoms. The van der Waals surface area contributed by atoms with Crippen molar-refractivity contribution in [2.45, 2.75) is 25.2 Å². The minimum atomic E-state index is -0.975. The van der Waals surface area contributed by atoms with Crippen molar-refractivity contribution < 1.29 is 9.90 Å². The second-order valence-electron chi connectivity index (χ2n) is 4.47. The van der Waals surface area contributed by atoms with Gasteiger partial charge in [0.25, 0.3) is 0 Å². The Balaban J connectivity index is 2.25. The summed E-state index contributed by atoms with van der Waals surface area (Å²) in [6.07, 6.45) is 2.52. The van der Waals surface area contributed by atoms with Crippen LogP contribution in [0.15, 0.2) is 22.7 Å². The zero-order chi connectivity index (χ0) is 12.0. The number of fused-ring (bicyclic) bond motifs is 3. The van der Waals surface area contributed by atoms with Gasteiger partial charge in [0.15, 0.2) is 0 Å². The van der Waals surface area contributed by atoms with Crippen molar-refractivity contribution in [2.24, 2.45) is 0 Å². The first-order valence-corrected chi connectivity index (χ1v) is 6.47. The lowest BCUT2D eigenvalue weighted by Crippen LogP contribution is -2.31. The van der Waals surface area contributed by atoms with Gasteiger partial charge >= 0.3 is 0 Å². The third-order valence-corrected chi connectivity index (χ3v) is 3.95. The maximum Gasteiger partial charge on any atom is 0.0504 e. The van der Waals surface area contributed by atoms with Gasteiger partial charge in [-0.1, -0.05) is 15.9 Å². The molecule has 0 aliphatic heterocycles. The molecule has 2 aromatic rings. The predicted molar refractivity (Wildman–Crippen MR) is 66.7 cm³/mol. The summed E-state index contributed by atoms with van der Waals surface area (Å²) in [5.74, 6) is -1.46. The van der Waals surface area contributed by atoms with Gasteiger partial charge in [-0.25, -0.2) is 0 Å². The number of benzene rings is 1. The standard InChI is InChI=1S/C13H12BrNO2/c14-7-4-5-11-10(6-7)8-2-1-3-9(13(16)17)12(8)15-11/h4-6,9,15H,1-3H2,(H,16,17)/p-1/t9-/m1/s1. The van der Waals surface area contributed by atoms with Gasteiger partial charge in [-0.15, -0.1) is 0 Å². The molecule has 1 aliphatic rings. The number of carbonyl (C=O) groups excluding carboxylic acids is 1. The quantitative estimate of drug-likeness (QED) is 0.875.